The number of hydrogen-bond acceptors (Lipinski definition) is 2. The fourth-order valence-corrected chi connectivity index (χ4v) is 1.54. The Morgan fingerprint density at radius 3 is 2.92 bits per heavy atom. The molecule has 0 spiro atoms. The first-order chi connectivity index (χ1) is 6.22. The predicted molar refractivity (Wildman–Crippen MR) is 46.2 cm³/mol. The molecule has 13 heavy (non-hydrogen) atoms. The molecular weight excluding hydrogens is 171 g/mol. The van der Waals surface area contributed by atoms with Crippen LogP contribution in [0.5, 0.6) is 0 Å². The van der Waals surface area contributed by atoms with Gasteiger partial charge in [-0.15, -0.1) is 0 Å². The van der Waals surface area contributed by atoms with Crippen molar-refractivity contribution < 1.29 is 13.9 Å². The third-order valence-electron chi connectivity index (χ3n) is 2.60. The zero-order valence-corrected chi connectivity index (χ0v) is 7.53. The largest absolute Gasteiger partial charge is 0.463 e. The van der Waals surface area contributed by atoms with Gasteiger partial charge in [-0.3, -0.25) is 0 Å². The van der Waals surface area contributed by atoms with Crippen LogP contribution in [0.2, 0.25) is 0 Å². The first kappa shape index (κ1) is 8.75. The topological polar surface area (TPSA) is 33.4 Å². The van der Waals surface area contributed by atoms with Crippen molar-refractivity contribution >= 4 is 0 Å². The van der Waals surface area contributed by atoms with Crippen molar-refractivity contribution in [3.8, 4) is 0 Å². The summed E-state index contributed by atoms with van der Waals surface area (Å²) in [5.74, 6) is 2.38. The molecule has 0 saturated heterocycles. The van der Waals surface area contributed by atoms with E-state index >= 15 is 0 Å². The normalized spacial score (nSPS) is 28.8. The molecule has 1 aromatic heterocycles. The second-order valence-electron chi connectivity index (χ2n) is 3.73. The van der Waals surface area contributed by atoms with Crippen molar-refractivity contribution in [3.63, 3.8) is 0 Å². The summed E-state index contributed by atoms with van der Waals surface area (Å²) in [6.45, 7) is 1.37. The lowest BCUT2D eigenvalue weighted by atomic mass is 10.2. The minimum absolute atomic E-state index is 0.344. The van der Waals surface area contributed by atoms with E-state index in [2.05, 4.69) is 6.92 Å². The molecule has 0 aliphatic heterocycles. The van der Waals surface area contributed by atoms with Gasteiger partial charge in [0.05, 0.1) is 0 Å². The zero-order valence-electron chi connectivity index (χ0n) is 7.53. The van der Waals surface area contributed by atoms with Gasteiger partial charge in [0.2, 0.25) is 0 Å². The Morgan fingerprint density at radius 1 is 1.69 bits per heavy atom. The molecular formula is C10H13FO2. The van der Waals surface area contributed by atoms with Gasteiger partial charge in [-0.1, -0.05) is 6.92 Å². The molecule has 3 atom stereocenters. The molecule has 2 rings (SSSR count). The highest BCUT2D eigenvalue weighted by molar-refractivity contribution is 5.18. The Labute approximate surface area is 76.4 Å². The van der Waals surface area contributed by atoms with Gasteiger partial charge >= 0.3 is 0 Å². The fourth-order valence-electron chi connectivity index (χ4n) is 1.54. The summed E-state index contributed by atoms with van der Waals surface area (Å²) >= 11 is 0. The van der Waals surface area contributed by atoms with E-state index in [1.54, 1.807) is 6.07 Å². The van der Waals surface area contributed by atoms with E-state index in [-0.39, 0.29) is 0 Å². The standard InChI is InChI=1S/C10H13FO2/c1-6-4-7(6)9-2-3-10(13-9)8(12)5-11/h2-3,6-8,12H,4-5H2,1H3. The van der Waals surface area contributed by atoms with Gasteiger partial charge in [0.25, 0.3) is 0 Å². The average Bonchev–Trinajstić information content (AvgIpc) is 2.70. The lowest BCUT2D eigenvalue weighted by Crippen LogP contribution is -1.96. The Hall–Kier alpha value is -0.830. The van der Waals surface area contributed by atoms with Gasteiger partial charge in [0.1, 0.15) is 24.3 Å². The highest BCUT2D eigenvalue weighted by Crippen LogP contribution is 2.47. The number of hydrogen-bond donors (Lipinski definition) is 1. The van der Waals surface area contributed by atoms with Crippen molar-refractivity contribution in [2.24, 2.45) is 5.92 Å². The molecule has 0 radical (unpaired) electrons. The molecule has 72 valence electrons. The highest BCUT2D eigenvalue weighted by atomic mass is 19.1. The molecule has 1 aromatic rings. The number of alkyl halides is 1. The number of rotatable bonds is 3. The maximum Gasteiger partial charge on any atom is 0.140 e. The molecule has 2 nitrogen and oxygen atoms in total. The van der Waals surface area contributed by atoms with Gasteiger partial charge in [0.15, 0.2) is 0 Å². The van der Waals surface area contributed by atoms with Crippen LogP contribution < -0.4 is 0 Å². The minimum atomic E-state index is -1.09. The molecule has 1 fully saturated rings. The molecule has 0 bridgehead atoms. The van der Waals surface area contributed by atoms with Crippen molar-refractivity contribution in [2.45, 2.75) is 25.4 Å². The third kappa shape index (κ3) is 1.61. The quantitative estimate of drug-likeness (QED) is 0.782. The van der Waals surface area contributed by atoms with Crippen molar-refractivity contribution in [2.75, 3.05) is 6.67 Å². The van der Waals surface area contributed by atoms with Crippen molar-refractivity contribution in [3.05, 3.63) is 23.7 Å². The third-order valence-corrected chi connectivity index (χ3v) is 2.60. The van der Waals surface area contributed by atoms with Crippen LogP contribution >= 0.6 is 0 Å². The fraction of sp³-hybridized carbons (Fsp3) is 0.600. The second kappa shape index (κ2) is 3.14. The summed E-state index contributed by atoms with van der Waals surface area (Å²) in [5, 5.41) is 9.14. The number of aliphatic hydroxyl groups excluding tert-OH is 1. The van der Waals surface area contributed by atoms with E-state index in [0.717, 1.165) is 12.2 Å². The molecule has 1 N–H and O–H groups in total. The maximum absolute atomic E-state index is 12.1. The van der Waals surface area contributed by atoms with Crippen LogP contribution in [-0.4, -0.2) is 11.8 Å². The number of aliphatic hydroxyl groups is 1. The average molecular weight is 184 g/mol. The van der Waals surface area contributed by atoms with Gasteiger partial charge in [-0.2, -0.15) is 0 Å². The van der Waals surface area contributed by atoms with Crippen LogP contribution in [-0.2, 0) is 0 Å². The minimum Gasteiger partial charge on any atom is -0.463 e. The molecule has 1 heterocycles. The lowest BCUT2D eigenvalue weighted by Gasteiger charge is -2.00. The molecule has 0 aromatic carbocycles. The number of furan rings is 1. The van der Waals surface area contributed by atoms with E-state index in [1.165, 1.54) is 0 Å². The smallest absolute Gasteiger partial charge is 0.140 e. The van der Waals surface area contributed by atoms with Crippen LogP contribution in [0, 0.1) is 5.92 Å². The van der Waals surface area contributed by atoms with E-state index in [4.69, 9.17) is 9.52 Å². The van der Waals surface area contributed by atoms with E-state index in [1.807, 2.05) is 6.07 Å². The monoisotopic (exact) mass is 184 g/mol. The Bertz CT molecular complexity index is 276. The van der Waals surface area contributed by atoms with Crippen LogP contribution in [0.4, 0.5) is 4.39 Å². The summed E-state index contributed by atoms with van der Waals surface area (Å²) in [4.78, 5) is 0. The molecule has 1 aliphatic rings. The first-order valence-corrected chi connectivity index (χ1v) is 4.56. The maximum atomic E-state index is 12.1. The molecule has 0 amide bonds. The lowest BCUT2D eigenvalue weighted by molar-refractivity contribution is 0.116. The molecule has 3 unspecified atom stereocenters. The second-order valence-corrected chi connectivity index (χ2v) is 3.73. The van der Waals surface area contributed by atoms with Crippen molar-refractivity contribution in [1.29, 1.82) is 0 Å². The van der Waals surface area contributed by atoms with Crippen LogP contribution in [0.3, 0.4) is 0 Å². The number of halogens is 1. The van der Waals surface area contributed by atoms with Crippen LogP contribution in [0.15, 0.2) is 16.5 Å². The Morgan fingerprint density at radius 2 is 2.38 bits per heavy atom. The summed E-state index contributed by atoms with van der Waals surface area (Å²) in [5.41, 5.74) is 0. The summed E-state index contributed by atoms with van der Waals surface area (Å²) in [6.07, 6.45) is 0.0429. The van der Waals surface area contributed by atoms with Gasteiger partial charge in [-0.25, -0.2) is 4.39 Å². The van der Waals surface area contributed by atoms with Gasteiger partial charge < -0.3 is 9.52 Å². The molecule has 1 aliphatic carbocycles. The van der Waals surface area contributed by atoms with E-state index in [0.29, 0.717) is 17.6 Å². The van der Waals surface area contributed by atoms with Gasteiger partial charge in [0, 0.05) is 5.92 Å². The van der Waals surface area contributed by atoms with Gasteiger partial charge in [-0.05, 0) is 24.5 Å². The highest BCUT2D eigenvalue weighted by Gasteiger charge is 2.36. The first-order valence-electron chi connectivity index (χ1n) is 4.56. The predicted octanol–water partition coefficient (Wildman–Crippen LogP) is 2.41. The van der Waals surface area contributed by atoms with Crippen LogP contribution in [0.25, 0.3) is 0 Å². The van der Waals surface area contributed by atoms with Crippen molar-refractivity contribution in [1.82, 2.24) is 0 Å². The summed E-state index contributed by atoms with van der Waals surface area (Å²) in [6, 6.07) is 3.49. The molecule has 1 saturated carbocycles. The molecule has 3 heteroatoms. The SMILES string of the molecule is CC1CC1c1ccc(C(O)CF)o1. The Kier molecular flexibility index (Phi) is 2.12. The van der Waals surface area contributed by atoms with E-state index < -0.39 is 12.8 Å². The summed E-state index contributed by atoms with van der Waals surface area (Å²) < 4.78 is 17.4. The summed E-state index contributed by atoms with van der Waals surface area (Å²) in [7, 11) is 0. The van der Waals surface area contributed by atoms with E-state index in [9.17, 15) is 4.39 Å². The Balaban J connectivity index is 2.09. The zero-order chi connectivity index (χ0) is 9.42. The van der Waals surface area contributed by atoms with Crippen LogP contribution in [0.1, 0.15) is 36.9 Å².